The molecule has 0 unspecified atom stereocenters. The molecule has 1 aliphatic rings. The van der Waals surface area contributed by atoms with Gasteiger partial charge in [-0.2, -0.15) is 0 Å². The standard InChI is InChI=1S/C11H17NO2/c1-2-13-8-11-6-5-10(14-11)7-12-9-3-4-9/h5-6,9,12H,2-4,7-8H2,1H3. The Morgan fingerprint density at radius 2 is 2.21 bits per heavy atom. The lowest BCUT2D eigenvalue weighted by atomic mass is 10.4. The maximum atomic E-state index is 5.58. The molecule has 0 bridgehead atoms. The number of hydrogen-bond donors (Lipinski definition) is 1. The van der Waals surface area contributed by atoms with Crippen LogP contribution in [0.1, 0.15) is 31.3 Å². The van der Waals surface area contributed by atoms with E-state index < -0.39 is 0 Å². The average Bonchev–Trinajstić information content (AvgIpc) is 2.92. The summed E-state index contributed by atoms with van der Waals surface area (Å²) >= 11 is 0. The van der Waals surface area contributed by atoms with Gasteiger partial charge in [-0.15, -0.1) is 0 Å². The summed E-state index contributed by atoms with van der Waals surface area (Å²) in [4.78, 5) is 0. The summed E-state index contributed by atoms with van der Waals surface area (Å²) in [5.74, 6) is 1.92. The molecule has 1 aliphatic carbocycles. The molecule has 1 aromatic heterocycles. The van der Waals surface area contributed by atoms with Crippen molar-refractivity contribution >= 4 is 0 Å². The highest BCUT2D eigenvalue weighted by Crippen LogP contribution is 2.19. The normalized spacial score (nSPS) is 16.1. The van der Waals surface area contributed by atoms with Crippen LogP contribution in [-0.2, 0) is 17.9 Å². The van der Waals surface area contributed by atoms with E-state index in [0.717, 1.165) is 30.7 Å². The van der Waals surface area contributed by atoms with Crippen molar-refractivity contribution in [3.05, 3.63) is 23.7 Å². The van der Waals surface area contributed by atoms with Crippen LogP contribution in [-0.4, -0.2) is 12.6 Å². The quantitative estimate of drug-likeness (QED) is 0.754. The molecule has 1 heterocycles. The van der Waals surface area contributed by atoms with E-state index in [2.05, 4.69) is 5.32 Å². The van der Waals surface area contributed by atoms with Gasteiger partial charge < -0.3 is 14.5 Å². The second-order valence-electron chi connectivity index (χ2n) is 3.66. The number of hydrogen-bond acceptors (Lipinski definition) is 3. The molecular weight excluding hydrogens is 178 g/mol. The van der Waals surface area contributed by atoms with Gasteiger partial charge in [0.2, 0.25) is 0 Å². The van der Waals surface area contributed by atoms with E-state index in [1.54, 1.807) is 0 Å². The highest BCUT2D eigenvalue weighted by atomic mass is 16.5. The van der Waals surface area contributed by atoms with Gasteiger partial charge in [0.05, 0.1) is 6.54 Å². The minimum Gasteiger partial charge on any atom is -0.462 e. The number of ether oxygens (including phenoxy) is 1. The Kier molecular flexibility index (Phi) is 3.22. The molecular formula is C11H17NO2. The first kappa shape index (κ1) is 9.74. The predicted octanol–water partition coefficient (Wildman–Crippen LogP) is 2.07. The molecule has 1 fully saturated rings. The summed E-state index contributed by atoms with van der Waals surface area (Å²) in [7, 11) is 0. The van der Waals surface area contributed by atoms with Gasteiger partial charge >= 0.3 is 0 Å². The number of nitrogens with one attached hydrogen (secondary N) is 1. The summed E-state index contributed by atoms with van der Waals surface area (Å²) in [6.07, 6.45) is 2.62. The van der Waals surface area contributed by atoms with Crippen molar-refractivity contribution < 1.29 is 9.15 Å². The Morgan fingerprint density at radius 1 is 1.43 bits per heavy atom. The van der Waals surface area contributed by atoms with E-state index >= 15 is 0 Å². The van der Waals surface area contributed by atoms with Crippen molar-refractivity contribution in [2.75, 3.05) is 6.61 Å². The minimum absolute atomic E-state index is 0.583. The molecule has 3 nitrogen and oxygen atoms in total. The van der Waals surface area contributed by atoms with Crippen LogP contribution >= 0.6 is 0 Å². The van der Waals surface area contributed by atoms with Crippen LogP contribution in [0.15, 0.2) is 16.5 Å². The highest BCUT2D eigenvalue weighted by Gasteiger charge is 2.20. The van der Waals surface area contributed by atoms with Gasteiger partial charge in [-0.25, -0.2) is 0 Å². The zero-order valence-corrected chi connectivity index (χ0v) is 8.58. The third-order valence-electron chi connectivity index (χ3n) is 2.31. The summed E-state index contributed by atoms with van der Waals surface area (Å²) in [6, 6.07) is 4.74. The van der Waals surface area contributed by atoms with E-state index in [4.69, 9.17) is 9.15 Å². The summed E-state index contributed by atoms with van der Waals surface area (Å²) in [5, 5.41) is 3.41. The first-order valence-corrected chi connectivity index (χ1v) is 5.27. The van der Waals surface area contributed by atoms with Crippen molar-refractivity contribution in [2.45, 2.75) is 39.0 Å². The Morgan fingerprint density at radius 3 is 2.93 bits per heavy atom. The van der Waals surface area contributed by atoms with E-state index in [1.165, 1.54) is 12.8 Å². The van der Waals surface area contributed by atoms with Gasteiger partial charge in [0.25, 0.3) is 0 Å². The summed E-state index contributed by atoms with van der Waals surface area (Å²) in [5.41, 5.74) is 0. The van der Waals surface area contributed by atoms with Crippen LogP contribution in [0.3, 0.4) is 0 Å². The van der Waals surface area contributed by atoms with Crippen molar-refractivity contribution in [2.24, 2.45) is 0 Å². The van der Waals surface area contributed by atoms with E-state index in [1.807, 2.05) is 19.1 Å². The fraction of sp³-hybridized carbons (Fsp3) is 0.636. The largest absolute Gasteiger partial charge is 0.462 e. The molecule has 0 spiro atoms. The smallest absolute Gasteiger partial charge is 0.129 e. The molecule has 0 aliphatic heterocycles. The topological polar surface area (TPSA) is 34.4 Å². The van der Waals surface area contributed by atoms with Crippen LogP contribution in [0.5, 0.6) is 0 Å². The molecule has 3 heteroatoms. The molecule has 0 aromatic carbocycles. The zero-order chi connectivity index (χ0) is 9.80. The fourth-order valence-electron chi connectivity index (χ4n) is 1.33. The molecule has 0 atom stereocenters. The van der Waals surface area contributed by atoms with Crippen molar-refractivity contribution in [3.8, 4) is 0 Å². The lowest BCUT2D eigenvalue weighted by Gasteiger charge is -1.99. The van der Waals surface area contributed by atoms with Gasteiger partial charge in [-0.3, -0.25) is 0 Å². The lowest BCUT2D eigenvalue weighted by Crippen LogP contribution is -2.14. The molecule has 2 rings (SSSR count). The number of furan rings is 1. The maximum absolute atomic E-state index is 5.58. The lowest BCUT2D eigenvalue weighted by molar-refractivity contribution is 0.117. The molecule has 14 heavy (non-hydrogen) atoms. The van der Waals surface area contributed by atoms with Gasteiger partial charge in [0.15, 0.2) is 0 Å². The molecule has 0 amide bonds. The molecule has 0 radical (unpaired) electrons. The maximum Gasteiger partial charge on any atom is 0.129 e. The van der Waals surface area contributed by atoms with Gasteiger partial charge in [-0.05, 0) is 31.9 Å². The fourth-order valence-corrected chi connectivity index (χ4v) is 1.33. The summed E-state index contributed by atoms with van der Waals surface area (Å²) < 4.78 is 10.8. The van der Waals surface area contributed by atoms with Crippen molar-refractivity contribution in [1.29, 1.82) is 0 Å². The van der Waals surface area contributed by atoms with Crippen molar-refractivity contribution in [1.82, 2.24) is 5.32 Å². The van der Waals surface area contributed by atoms with Crippen LogP contribution in [0.4, 0.5) is 0 Å². The van der Waals surface area contributed by atoms with E-state index in [0.29, 0.717) is 6.61 Å². The molecule has 1 N–H and O–H groups in total. The molecule has 78 valence electrons. The predicted molar refractivity (Wildman–Crippen MR) is 53.9 cm³/mol. The molecule has 1 aromatic rings. The van der Waals surface area contributed by atoms with Crippen LogP contribution in [0.2, 0.25) is 0 Å². The van der Waals surface area contributed by atoms with Crippen LogP contribution in [0.25, 0.3) is 0 Å². The monoisotopic (exact) mass is 195 g/mol. The molecule has 1 saturated carbocycles. The number of rotatable bonds is 6. The van der Waals surface area contributed by atoms with Gasteiger partial charge in [-0.1, -0.05) is 0 Å². The molecule has 0 saturated heterocycles. The Hall–Kier alpha value is -0.800. The Bertz CT molecular complexity index is 279. The van der Waals surface area contributed by atoms with Crippen molar-refractivity contribution in [3.63, 3.8) is 0 Å². The SMILES string of the molecule is CCOCc1ccc(CNC2CC2)o1. The first-order valence-electron chi connectivity index (χ1n) is 5.27. The minimum atomic E-state index is 0.583. The Balaban J connectivity index is 1.76. The Labute approximate surface area is 84.4 Å². The first-order chi connectivity index (χ1) is 6.88. The summed E-state index contributed by atoms with van der Waals surface area (Å²) in [6.45, 7) is 4.14. The zero-order valence-electron chi connectivity index (χ0n) is 8.58. The second-order valence-corrected chi connectivity index (χ2v) is 3.66. The van der Waals surface area contributed by atoms with Gasteiger partial charge in [0, 0.05) is 12.6 Å². The third-order valence-corrected chi connectivity index (χ3v) is 2.31. The third kappa shape index (κ3) is 2.86. The second kappa shape index (κ2) is 4.62. The highest BCUT2D eigenvalue weighted by molar-refractivity contribution is 5.06. The van der Waals surface area contributed by atoms with Crippen LogP contribution < -0.4 is 5.32 Å². The van der Waals surface area contributed by atoms with E-state index in [-0.39, 0.29) is 0 Å². The van der Waals surface area contributed by atoms with E-state index in [9.17, 15) is 0 Å². The van der Waals surface area contributed by atoms with Crippen LogP contribution in [0, 0.1) is 0 Å². The average molecular weight is 195 g/mol. The van der Waals surface area contributed by atoms with Gasteiger partial charge in [0.1, 0.15) is 18.1 Å².